The molecule has 0 aliphatic carbocycles. The Morgan fingerprint density at radius 1 is 1.59 bits per heavy atom. The lowest BCUT2D eigenvalue weighted by Gasteiger charge is -2.25. The molecule has 1 aliphatic heterocycles. The number of aryl methyl sites for hydroxylation is 2. The van der Waals surface area contributed by atoms with Crippen molar-refractivity contribution in [3.05, 3.63) is 5.69 Å². The van der Waals surface area contributed by atoms with E-state index in [4.69, 9.17) is 10.5 Å². The molecule has 1 unspecified atom stereocenters. The van der Waals surface area contributed by atoms with E-state index in [1.807, 2.05) is 11.6 Å². The molecule has 1 saturated heterocycles. The van der Waals surface area contributed by atoms with Crippen LogP contribution in [0.15, 0.2) is 0 Å². The molecule has 1 fully saturated rings. The quantitative estimate of drug-likeness (QED) is 0.839. The van der Waals surface area contributed by atoms with Gasteiger partial charge in [0.05, 0.1) is 23.5 Å². The number of nitrogens with two attached hydrogens (primary N) is 1. The van der Waals surface area contributed by atoms with Crippen LogP contribution in [0.25, 0.3) is 0 Å². The highest BCUT2D eigenvalue weighted by Crippen LogP contribution is 2.29. The van der Waals surface area contributed by atoms with Crippen LogP contribution in [-0.2, 0) is 11.3 Å². The van der Waals surface area contributed by atoms with Crippen LogP contribution >= 0.6 is 0 Å². The smallest absolute Gasteiger partial charge is 0.148 e. The van der Waals surface area contributed by atoms with E-state index in [0.717, 1.165) is 49.8 Å². The van der Waals surface area contributed by atoms with Crippen molar-refractivity contribution in [3.8, 4) is 0 Å². The number of ether oxygens (including phenoxy) is 1. The van der Waals surface area contributed by atoms with E-state index < -0.39 is 0 Å². The zero-order valence-corrected chi connectivity index (χ0v) is 10.9. The Balaban J connectivity index is 2.24. The van der Waals surface area contributed by atoms with Crippen LogP contribution in [0.5, 0.6) is 0 Å². The van der Waals surface area contributed by atoms with Crippen LogP contribution in [0.1, 0.15) is 32.4 Å². The summed E-state index contributed by atoms with van der Waals surface area (Å²) in [4.78, 5) is 0. The van der Waals surface area contributed by atoms with Gasteiger partial charge in [0, 0.05) is 13.2 Å². The molecule has 96 valence electrons. The number of hydrogen-bond donors (Lipinski definition) is 2. The highest BCUT2D eigenvalue weighted by molar-refractivity contribution is 5.65. The van der Waals surface area contributed by atoms with Gasteiger partial charge in [0.1, 0.15) is 5.82 Å². The van der Waals surface area contributed by atoms with E-state index in [0.29, 0.717) is 0 Å². The number of aromatic nitrogens is 2. The summed E-state index contributed by atoms with van der Waals surface area (Å²) in [5.74, 6) is 0.942. The lowest BCUT2D eigenvalue weighted by molar-refractivity contribution is 0.185. The molecule has 1 aliphatic rings. The molecule has 5 nitrogen and oxygen atoms in total. The Hall–Kier alpha value is -1.23. The van der Waals surface area contributed by atoms with Gasteiger partial charge in [0.2, 0.25) is 0 Å². The number of nitrogens with one attached hydrogen (secondary N) is 1. The predicted octanol–water partition coefficient (Wildman–Crippen LogP) is 1.77. The third kappa shape index (κ3) is 2.39. The van der Waals surface area contributed by atoms with Crippen molar-refractivity contribution in [2.45, 2.75) is 45.7 Å². The van der Waals surface area contributed by atoms with Gasteiger partial charge in [-0.15, -0.1) is 0 Å². The van der Waals surface area contributed by atoms with Crippen LogP contribution in [0, 0.1) is 6.92 Å². The largest absolute Gasteiger partial charge is 0.394 e. The predicted molar refractivity (Wildman–Crippen MR) is 69.1 cm³/mol. The normalized spacial score (nSPS) is 24.2. The Morgan fingerprint density at radius 2 is 2.35 bits per heavy atom. The van der Waals surface area contributed by atoms with Crippen LogP contribution in [-0.4, -0.2) is 28.5 Å². The lowest BCUT2D eigenvalue weighted by Crippen LogP contribution is -2.36. The molecule has 0 amide bonds. The SMILES string of the molecule is CCCn1nc(C)c(N)c1NC1(C)CCOC1. The van der Waals surface area contributed by atoms with Crippen LogP contribution in [0.2, 0.25) is 0 Å². The van der Waals surface area contributed by atoms with Gasteiger partial charge in [0.15, 0.2) is 0 Å². The highest BCUT2D eigenvalue weighted by atomic mass is 16.5. The molecule has 1 atom stereocenters. The number of nitrogen functional groups attached to an aromatic ring is 1. The minimum Gasteiger partial charge on any atom is -0.394 e. The first kappa shape index (κ1) is 12.2. The molecule has 0 bridgehead atoms. The molecule has 3 N–H and O–H groups in total. The fourth-order valence-corrected chi connectivity index (χ4v) is 2.15. The minimum atomic E-state index is -0.0217. The fourth-order valence-electron chi connectivity index (χ4n) is 2.15. The Morgan fingerprint density at radius 3 is 2.94 bits per heavy atom. The first-order chi connectivity index (χ1) is 8.06. The van der Waals surface area contributed by atoms with E-state index in [1.54, 1.807) is 0 Å². The summed E-state index contributed by atoms with van der Waals surface area (Å²) >= 11 is 0. The second kappa shape index (κ2) is 4.56. The Bertz CT molecular complexity index is 393. The van der Waals surface area contributed by atoms with Crippen molar-refractivity contribution in [1.82, 2.24) is 9.78 Å². The molecule has 17 heavy (non-hydrogen) atoms. The Kier molecular flexibility index (Phi) is 3.28. The van der Waals surface area contributed by atoms with Crippen LogP contribution in [0.4, 0.5) is 11.5 Å². The third-order valence-corrected chi connectivity index (χ3v) is 3.25. The fraction of sp³-hybridized carbons (Fsp3) is 0.750. The van der Waals surface area contributed by atoms with Gasteiger partial charge in [0.25, 0.3) is 0 Å². The topological polar surface area (TPSA) is 65.1 Å². The molecular formula is C12H22N4O. The van der Waals surface area contributed by atoms with Crippen molar-refractivity contribution < 1.29 is 4.74 Å². The first-order valence-electron chi connectivity index (χ1n) is 6.24. The molecule has 2 rings (SSSR count). The van der Waals surface area contributed by atoms with E-state index in [1.165, 1.54) is 0 Å². The molecule has 0 spiro atoms. The van der Waals surface area contributed by atoms with Gasteiger partial charge in [-0.3, -0.25) is 0 Å². The second-order valence-electron chi connectivity index (χ2n) is 5.06. The van der Waals surface area contributed by atoms with Crippen molar-refractivity contribution in [2.24, 2.45) is 0 Å². The minimum absolute atomic E-state index is 0.0217. The number of nitrogens with zero attached hydrogens (tertiary/aromatic N) is 2. The molecule has 2 heterocycles. The van der Waals surface area contributed by atoms with Gasteiger partial charge in [-0.05, 0) is 26.7 Å². The van der Waals surface area contributed by atoms with Gasteiger partial charge < -0.3 is 15.8 Å². The highest BCUT2D eigenvalue weighted by Gasteiger charge is 2.31. The van der Waals surface area contributed by atoms with Crippen molar-refractivity contribution in [2.75, 3.05) is 24.3 Å². The molecule has 1 aromatic heterocycles. The van der Waals surface area contributed by atoms with E-state index in [2.05, 4.69) is 24.3 Å². The molecule has 5 heteroatoms. The summed E-state index contributed by atoms with van der Waals surface area (Å²) in [6.45, 7) is 8.67. The third-order valence-electron chi connectivity index (χ3n) is 3.25. The second-order valence-corrected chi connectivity index (χ2v) is 5.06. The number of anilines is 2. The summed E-state index contributed by atoms with van der Waals surface area (Å²) in [5, 5.41) is 7.97. The van der Waals surface area contributed by atoms with Crippen molar-refractivity contribution in [3.63, 3.8) is 0 Å². The maximum atomic E-state index is 6.08. The summed E-state index contributed by atoms with van der Waals surface area (Å²) in [6, 6.07) is 0. The van der Waals surface area contributed by atoms with Crippen LogP contribution < -0.4 is 11.1 Å². The zero-order chi connectivity index (χ0) is 12.5. The van der Waals surface area contributed by atoms with Gasteiger partial charge in [-0.25, -0.2) is 4.68 Å². The van der Waals surface area contributed by atoms with Gasteiger partial charge in [-0.2, -0.15) is 5.10 Å². The summed E-state index contributed by atoms with van der Waals surface area (Å²) in [5.41, 5.74) is 7.71. The number of hydrogen-bond acceptors (Lipinski definition) is 4. The van der Waals surface area contributed by atoms with Gasteiger partial charge in [-0.1, -0.05) is 6.92 Å². The molecule has 1 aromatic rings. The maximum Gasteiger partial charge on any atom is 0.148 e. The van der Waals surface area contributed by atoms with Crippen LogP contribution in [0.3, 0.4) is 0 Å². The molecule has 0 radical (unpaired) electrons. The standard InChI is InChI=1S/C12H22N4O/c1-4-6-16-11(10(13)9(2)15-16)14-12(3)5-7-17-8-12/h14H,4-8,13H2,1-3H3. The molecule has 0 saturated carbocycles. The molecular weight excluding hydrogens is 216 g/mol. The van der Waals surface area contributed by atoms with Gasteiger partial charge >= 0.3 is 0 Å². The van der Waals surface area contributed by atoms with E-state index in [9.17, 15) is 0 Å². The monoisotopic (exact) mass is 238 g/mol. The molecule has 0 aromatic carbocycles. The first-order valence-corrected chi connectivity index (χ1v) is 6.24. The van der Waals surface area contributed by atoms with E-state index in [-0.39, 0.29) is 5.54 Å². The number of rotatable bonds is 4. The van der Waals surface area contributed by atoms with E-state index >= 15 is 0 Å². The van der Waals surface area contributed by atoms with Crippen molar-refractivity contribution >= 4 is 11.5 Å². The Labute approximate surface area is 102 Å². The summed E-state index contributed by atoms with van der Waals surface area (Å²) < 4.78 is 7.41. The summed E-state index contributed by atoms with van der Waals surface area (Å²) in [6.07, 6.45) is 2.05. The average molecular weight is 238 g/mol. The summed E-state index contributed by atoms with van der Waals surface area (Å²) in [7, 11) is 0. The average Bonchev–Trinajstić information content (AvgIpc) is 2.80. The van der Waals surface area contributed by atoms with Crippen molar-refractivity contribution in [1.29, 1.82) is 0 Å². The lowest BCUT2D eigenvalue weighted by atomic mass is 10.0. The zero-order valence-electron chi connectivity index (χ0n) is 10.9. The maximum absolute atomic E-state index is 6.08.